The summed E-state index contributed by atoms with van der Waals surface area (Å²) >= 11 is 0. The first-order valence-corrected chi connectivity index (χ1v) is 10.3. The maximum Gasteiger partial charge on any atom is 0.191 e. The third-order valence-corrected chi connectivity index (χ3v) is 5.45. The molecule has 2 N–H and O–H groups in total. The van der Waals surface area contributed by atoms with Gasteiger partial charge >= 0.3 is 0 Å². The van der Waals surface area contributed by atoms with Crippen LogP contribution in [0.25, 0.3) is 0 Å². The van der Waals surface area contributed by atoms with Crippen LogP contribution in [0.2, 0.25) is 0 Å². The van der Waals surface area contributed by atoms with Crippen molar-refractivity contribution in [1.29, 1.82) is 0 Å². The summed E-state index contributed by atoms with van der Waals surface area (Å²) in [4.78, 5) is 6.61. The summed E-state index contributed by atoms with van der Waals surface area (Å²) < 4.78 is 5.62. The van der Waals surface area contributed by atoms with Gasteiger partial charge in [-0.1, -0.05) is 37.1 Å². The number of benzene rings is 1. The SMILES string of the molecule is CCOCCC1(CNC(=NC)NCc2cccc(CN(C)C)c2)CCCC1. The molecule has 1 saturated carbocycles. The fraction of sp³-hybridized carbons (Fsp3) is 0.682. The minimum absolute atomic E-state index is 0.360. The quantitative estimate of drug-likeness (QED) is 0.374. The van der Waals surface area contributed by atoms with E-state index < -0.39 is 0 Å². The molecular weight excluding hydrogens is 336 g/mol. The summed E-state index contributed by atoms with van der Waals surface area (Å²) in [5.74, 6) is 0.885. The van der Waals surface area contributed by atoms with Gasteiger partial charge < -0.3 is 20.3 Å². The topological polar surface area (TPSA) is 48.9 Å². The van der Waals surface area contributed by atoms with Crippen LogP contribution in [-0.2, 0) is 17.8 Å². The van der Waals surface area contributed by atoms with E-state index in [9.17, 15) is 0 Å². The summed E-state index contributed by atoms with van der Waals surface area (Å²) in [6.45, 7) is 6.46. The number of guanidine groups is 1. The van der Waals surface area contributed by atoms with Crippen molar-refractivity contribution >= 4 is 5.96 Å². The van der Waals surface area contributed by atoms with Crippen LogP contribution in [0.3, 0.4) is 0 Å². The van der Waals surface area contributed by atoms with Crippen molar-refractivity contribution in [2.75, 3.05) is 40.9 Å². The van der Waals surface area contributed by atoms with Crippen LogP contribution in [0.15, 0.2) is 29.3 Å². The Hall–Kier alpha value is -1.59. The first kappa shape index (κ1) is 21.7. The highest BCUT2D eigenvalue weighted by Crippen LogP contribution is 2.40. The predicted molar refractivity (Wildman–Crippen MR) is 114 cm³/mol. The fourth-order valence-electron chi connectivity index (χ4n) is 3.95. The van der Waals surface area contributed by atoms with E-state index in [2.05, 4.69) is 65.8 Å². The van der Waals surface area contributed by atoms with Crippen LogP contribution in [0, 0.1) is 5.41 Å². The maximum absolute atomic E-state index is 5.62. The molecule has 0 atom stereocenters. The lowest BCUT2D eigenvalue weighted by atomic mass is 9.83. The smallest absolute Gasteiger partial charge is 0.191 e. The predicted octanol–water partition coefficient (Wildman–Crippen LogP) is 3.40. The van der Waals surface area contributed by atoms with E-state index in [1.165, 1.54) is 36.8 Å². The van der Waals surface area contributed by atoms with Gasteiger partial charge in [0, 0.05) is 39.9 Å². The van der Waals surface area contributed by atoms with E-state index in [1.54, 1.807) is 0 Å². The fourth-order valence-corrected chi connectivity index (χ4v) is 3.95. The van der Waals surface area contributed by atoms with Crippen LogP contribution in [0.5, 0.6) is 0 Å². The Labute approximate surface area is 165 Å². The summed E-state index contributed by atoms with van der Waals surface area (Å²) in [6.07, 6.45) is 6.38. The second-order valence-electron chi connectivity index (χ2n) is 7.99. The number of rotatable bonds is 10. The number of hydrogen-bond acceptors (Lipinski definition) is 3. The van der Waals surface area contributed by atoms with Crippen molar-refractivity contribution in [3.63, 3.8) is 0 Å². The number of hydrogen-bond donors (Lipinski definition) is 2. The number of nitrogens with zero attached hydrogens (tertiary/aromatic N) is 2. The Kier molecular flexibility index (Phi) is 9.08. The second-order valence-corrected chi connectivity index (χ2v) is 7.99. The van der Waals surface area contributed by atoms with Crippen molar-refractivity contribution in [3.05, 3.63) is 35.4 Å². The lowest BCUT2D eigenvalue weighted by Gasteiger charge is -2.30. The van der Waals surface area contributed by atoms with Crippen molar-refractivity contribution in [1.82, 2.24) is 15.5 Å². The lowest BCUT2D eigenvalue weighted by molar-refractivity contribution is 0.105. The second kappa shape index (κ2) is 11.3. The van der Waals surface area contributed by atoms with Gasteiger partial charge in [-0.25, -0.2) is 0 Å². The van der Waals surface area contributed by atoms with Gasteiger partial charge in [0.25, 0.3) is 0 Å². The average molecular weight is 375 g/mol. The molecule has 1 aromatic carbocycles. The molecule has 27 heavy (non-hydrogen) atoms. The molecule has 1 aliphatic rings. The summed E-state index contributed by atoms with van der Waals surface area (Å²) in [6, 6.07) is 8.74. The molecule has 0 heterocycles. The van der Waals surface area contributed by atoms with Gasteiger partial charge in [0.05, 0.1) is 0 Å². The Morgan fingerprint density at radius 3 is 2.59 bits per heavy atom. The molecule has 2 rings (SSSR count). The Balaban J connectivity index is 1.84. The highest BCUT2D eigenvalue weighted by atomic mass is 16.5. The molecule has 0 aromatic heterocycles. The molecule has 0 spiro atoms. The highest BCUT2D eigenvalue weighted by Gasteiger charge is 2.33. The van der Waals surface area contributed by atoms with Gasteiger partial charge in [-0.2, -0.15) is 0 Å². The molecule has 0 bridgehead atoms. The van der Waals surface area contributed by atoms with Crippen molar-refractivity contribution in [2.45, 2.75) is 52.1 Å². The van der Waals surface area contributed by atoms with Crippen LogP contribution >= 0.6 is 0 Å². The van der Waals surface area contributed by atoms with Gasteiger partial charge in [0.2, 0.25) is 0 Å². The van der Waals surface area contributed by atoms with E-state index in [1.807, 2.05) is 7.05 Å². The van der Waals surface area contributed by atoms with E-state index in [0.717, 1.165) is 45.2 Å². The Morgan fingerprint density at radius 2 is 1.93 bits per heavy atom. The molecule has 1 aliphatic carbocycles. The van der Waals surface area contributed by atoms with Gasteiger partial charge in [-0.3, -0.25) is 4.99 Å². The highest BCUT2D eigenvalue weighted by molar-refractivity contribution is 5.79. The third-order valence-electron chi connectivity index (χ3n) is 5.45. The first-order valence-electron chi connectivity index (χ1n) is 10.3. The number of nitrogens with one attached hydrogen (secondary N) is 2. The molecule has 5 nitrogen and oxygen atoms in total. The molecule has 1 fully saturated rings. The normalized spacial score (nSPS) is 16.7. The monoisotopic (exact) mass is 374 g/mol. The molecule has 0 unspecified atom stereocenters. The standard InChI is InChI=1S/C22H38N4O/c1-5-27-14-13-22(11-6-7-12-22)18-25-21(23-2)24-16-19-9-8-10-20(15-19)17-26(3)4/h8-10,15H,5-7,11-14,16-18H2,1-4H3,(H2,23,24,25). The van der Waals surface area contributed by atoms with E-state index in [4.69, 9.17) is 4.74 Å². The van der Waals surface area contributed by atoms with Crippen molar-refractivity contribution in [2.24, 2.45) is 10.4 Å². The van der Waals surface area contributed by atoms with Gasteiger partial charge in [0.15, 0.2) is 5.96 Å². The summed E-state index contributed by atoms with van der Waals surface area (Å²) in [5, 5.41) is 7.04. The van der Waals surface area contributed by atoms with Crippen molar-refractivity contribution < 1.29 is 4.74 Å². The minimum atomic E-state index is 0.360. The molecule has 0 radical (unpaired) electrons. The van der Waals surface area contributed by atoms with Crippen LogP contribution in [-0.4, -0.2) is 51.8 Å². The van der Waals surface area contributed by atoms with Crippen molar-refractivity contribution in [3.8, 4) is 0 Å². The maximum atomic E-state index is 5.62. The van der Waals surface area contributed by atoms with Crippen LogP contribution in [0.1, 0.15) is 50.2 Å². The number of aliphatic imine (C=N–C) groups is 1. The van der Waals surface area contributed by atoms with E-state index in [-0.39, 0.29) is 0 Å². The molecule has 0 amide bonds. The number of ether oxygens (including phenoxy) is 1. The molecule has 1 aromatic rings. The molecular formula is C22H38N4O. The zero-order chi connectivity index (χ0) is 19.5. The van der Waals surface area contributed by atoms with Gasteiger partial charge in [0.1, 0.15) is 0 Å². The summed E-state index contributed by atoms with van der Waals surface area (Å²) in [5.41, 5.74) is 2.98. The lowest BCUT2D eigenvalue weighted by Crippen LogP contribution is -2.43. The first-order chi connectivity index (χ1) is 13.1. The third kappa shape index (κ3) is 7.51. The molecule has 5 heteroatoms. The van der Waals surface area contributed by atoms with Crippen LogP contribution < -0.4 is 10.6 Å². The van der Waals surface area contributed by atoms with Gasteiger partial charge in [-0.05, 0) is 56.8 Å². The average Bonchev–Trinajstić information content (AvgIpc) is 3.11. The minimum Gasteiger partial charge on any atom is -0.382 e. The Morgan fingerprint density at radius 1 is 1.19 bits per heavy atom. The summed E-state index contributed by atoms with van der Waals surface area (Å²) in [7, 11) is 6.04. The largest absolute Gasteiger partial charge is 0.382 e. The zero-order valence-electron chi connectivity index (χ0n) is 17.7. The van der Waals surface area contributed by atoms with E-state index in [0.29, 0.717) is 5.41 Å². The van der Waals surface area contributed by atoms with Gasteiger partial charge in [-0.15, -0.1) is 0 Å². The molecule has 0 aliphatic heterocycles. The van der Waals surface area contributed by atoms with E-state index >= 15 is 0 Å². The molecule has 0 saturated heterocycles. The molecule has 152 valence electrons. The van der Waals surface area contributed by atoms with Crippen LogP contribution in [0.4, 0.5) is 0 Å². The Bertz CT molecular complexity index is 579. The zero-order valence-corrected chi connectivity index (χ0v) is 17.7.